The molecule has 0 aliphatic carbocycles. The molecular formula is C36H44ClF3N8O4. The van der Waals surface area contributed by atoms with Crippen molar-refractivity contribution in [3.8, 4) is 17.1 Å². The van der Waals surface area contributed by atoms with Gasteiger partial charge in [-0.05, 0) is 63.3 Å². The van der Waals surface area contributed by atoms with Crippen LogP contribution in [0.3, 0.4) is 0 Å². The van der Waals surface area contributed by atoms with Gasteiger partial charge in [-0.1, -0.05) is 41.9 Å². The summed E-state index contributed by atoms with van der Waals surface area (Å²) in [4.78, 5) is 51.5. The Morgan fingerprint density at radius 3 is 2.23 bits per heavy atom. The van der Waals surface area contributed by atoms with Gasteiger partial charge in [0.25, 0.3) is 0 Å². The van der Waals surface area contributed by atoms with E-state index in [4.69, 9.17) is 11.6 Å². The number of aromatic hydroxyl groups is 1. The minimum Gasteiger partial charge on any atom is -0.506 e. The maximum Gasteiger partial charge on any atom is 0.420 e. The van der Waals surface area contributed by atoms with Crippen molar-refractivity contribution in [1.29, 1.82) is 0 Å². The van der Waals surface area contributed by atoms with E-state index >= 15 is 0 Å². The zero-order valence-corrected chi connectivity index (χ0v) is 29.7. The van der Waals surface area contributed by atoms with E-state index in [1.54, 1.807) is 9.80 Å². The van der Waals surface area contributed by atoms with Crippen molar-refractivity contribution in [2.24, 2.45) is 0 Å². The van der Waals surface area contributed by atoms with Crippen LogP contribution in [0.25, 0.3) is 11.4 Å². The predicted octanol–water partition coefficient (Wildman–Crippen LogP) is 4.34. The average Bonchev–Trinajstić information content (AvgIpc) is 3.60. The van der Waals surface area contributed by atoms with Crippen molar-refractivity contribution < 1.29 is 27.9 Å². The van der Waals surface area contributed by atoms with Crippen molar-refractivity contribution in [3.63, 3.8) is 0 Å². The molecule has 3 atom stereocenters. The Kier molecular flexibility index (Phi) is 10.3. The number of piperazine rings is 1. The van der Waals surface area contributed by atoms with Crippen molar-refractivity contribution in [3.05, 3.63) is 69.1 Å². The number of hydrogen-bond acceptors (Lipinski definition) is 7. The molecule has 12 nitrogen and oxygen atoms in total. The molecule has 7 rings (SSSR count). The van der Waals surface area contributed by atoms with Gasteiger partial charge in [-0.2, -0.15) is 13.2 Å². The summed E-state index contributed by atoms with van der Waals surface area (Å²) < 4.78 is 42.7. The zero-order valence-electron chi connectivity index (χ0n) is 29.0. The maximum absolute atomic E-state index is 14.1. The summed E-state index contributed by atoms with van der Waals surface area (Å²) >= 11 is 6.02. The fraction of sp³-hybridized carbons (Fsp3) is 0.556. The first-order chi connectivity index (χ1) is 24.9. The number of urea groups is 1. The summed E-state index contributed by atoms with van der Waals surface area (Å²) in [5, 5.41) is 16.9. The fourth-order valence-electron chi connectivity index (χ4n) is 8.50. The molecule has 1 aromatic heterocycles. The third-order valence-electron chi connectivity index (χ3n) is 11.5. The number of phenolic OH excluding ortho intramolecular Hbond substituents is 1. The second kappa shape index (κ2) is 14.7. The molecule has 280 valence electrons. The highest BCUT2D eigenvalue weighted by molar-refractivity contribution is 6.32. The molecule has 4 aliphatic rings. The largest absolute Gasteiger partial charge is 0.506 e. The average molecular weight is 745 g/mol. The third-order valence-corrected chi connectivity index (χ3v) is 11.8. The van der Waals surface area contributed by atoms with Crippen molar-refractivity contribution >= 4 is 23.5 Å². The normalized spacial score (nSPS) is 23.9. The van der Waals surface area contributed by atoms with Gasteiger partial charge in [0.1, 0.15) is 11.8 Å². The number of nitrogens with one attached hydrogen (secondary N) is 2. The fourth-order valence-corrected chi connectivity index (χ4v) is 8.74. The second-order valence-electron chi connectivity index (χ2n) is 14.5. The molecule has 2 unspecified atom stereocenters. The van der Waals surface area contributed by atoms with Crippen molar-refractivity contribution in [2.45, 2.75) is 81.3 Å². The van der Waals surface area contributed by atoms with Crippen LogP contribution in [0.1, 0.15) is 55.7 Å². The molecule has 5 heterocycles. The second-order valence-corrected chi connectivity index (χ2v) is 14.9. The molecule has 3 N–H and O–H groups in total. The van der Waals surface area contributed by atoms with Gasteiger partial charge in [0, 0.05) is 69.4 Å². The minimum atomic E-state index is -4.88. The van der Waals surface area contributed by atoms with Gasteiger partial charge in [0.2, 0.25) is 5.91 Å². The summed E-state index contributed by atoms with van der Waals surface area (Å²) in [6.07, 6.45) is 0.367. The number of likely N-dealkylation sites (tertiary alicyclic amines) is 1. The first kappa shape index (κ1) is 36.3. The van der Waals surface area contributed by atoms with E-state index < -0.39 is 34.6 Å². The number of benzene rings is 2. The van der Waals surface area contributed by atoms with Gasteiger partial charge in [-0.3, -0.25) is 14.7 Å². The van der Waals surface area contributed by atoms with E-state index in [0.29, 0.717) is 63.0 Å². The highest BCUT2D eigenvalue weighted by Gasteiger charge is 2.42. The number of aromatic amines is 1. The van der Waals surface area contributed by atoms with Crippen LogP contribution in [0, 0.1) is 0 Å². The van der Waals surface area contributed by atoms with Crippen LogP contribution < -0.4 is 11.0 Å². The highest BCUT2D eigenvalue weighted by atomic mass is 35.5. The number of amides is 3. The Hall–Kier alpha value is -4.08. The first-order valence-electron chi connectivity index (χ1n) is 18.0. The Bertz CT molecular complexity index is 1810. The van der Waals surface area contributed by atoms with Crippen LogP contribution in [-0.2, 0) is 17.4 Å². The Morgan fingerprint density at radius 1 is 0.942 bits per heavy atom. The summed E-state index contributed by atoms with van der Waals surface area (Å²) in [6, 6.07) is 10.9. The zero-order chi connectivity index (χ0) is 36.7. The van der Waals surface area contributed by atoms with E-state index in [-0.39, 0.29) is 42.7 Å². The number of carbonyl (C=O) groups excluding carboxylic acids is 2. The summed E-state index contributed by atoms with van der Waals surface area (Å²) in [6.45, 7) is 2.78. The molecule has 2 bridgehead atoms. The monoisotopic (exact) mass is 744 g/mol. The van der Waals surface area contributed by atoms with Gasteiger partial charge < -0.3 is 25.1 Å². The molecule has 16 heteroatoms. The summed E-state index contributed by atoms with van der Waals surface area (Å²) in [7, 11) is 2.20. The molecule has 52 heavy (non-hydrogen) atoms. The molecule has 2 aromatic carbocycles. The molecule has 4 fully saturated rings. The van der Waals surface area contributed by atoms with Gasteiger partial charge in [-0.15, -0.1) is 5.10 Å². The quantitative estimate of drug-likeness (QED) is 0.328. The number of rotatable bonds is 7. The number of fused-ring (bicyclic) bond motifs is 2. The van der Waals surface area contributed by atoms with Crippen LogP contribution in [0.4, 0.5) is 18.0 Å². The molecule has 0 radical (unpaired) electrons. The van der Waals surface area contributed by atoms with Crippen LogP contribution in [0.15, 0.2) is 47.3 Å². The lowest BCUT2D eigenvalue weighted by molar-refractivity contribution is -0.138. The third kappa shape index (κ3) is 7.53. The standard InChI is InChI=1S/C36H44ClF3N8O4/c1-44-25-7-8-26(44)21-27(20-25)45-13-15-46(16-14-45)33(50)30(19-22-17-28(36(38,39)40)31(49)29(37)18-22)41-34(51)47-11-9-24(10-12-47)48-35(52)42-32(43-48)23-5-3-2-4-6-23/h2-6,17-18,24-27,30,49H,7-16,19-21H2,1H3,(H,41,51)(H,42,43,52)/t25?,26?,27?,30-/m1/s1. The van der Waals surface area contributed by atoms with E-state index in [0.717, 1.165) is 24.5 Å². The first-order valence-corrected chi connectivity index (χ1v) is 18.4. The van der Waals surface area contributed by atoms with E-state index in [1.165, 1.54) is 23.6 Å². The number of alkyl halides is 3. The lowest BCUT2D eigenvalue weighted by Gasteiger charge is -2.45. The number of hydrogen-bond donors (Lipinski definition) is 3. The number of aromatic nitrogens is 3. The molecular weight excluding hydrogens is 701 g/mol. The van der Waals surface area contributed by atoms with E-state index in [9.17, 15) is 32.7 Å². The number of H-pyrrole nitrogens is 1. The molecule has 0 saturated carbocycles. The lowest BCUT2D eigenvalue weighted by Crippen LogP contribution is -2.59. The van der Waals surface area contributed by atoms with E-state index in [2.05, 4.69) is 32.2 Å². The van der Waals surface area contributed by atoms with Crippen LogP contribution in [0.2, 0.25) is 5.02 Å². The number of halogens is 4. The Balaban J connectivity index is 1.03. The topological polar surface area (TPSA) is 130 Å². The van der Waals surface area contributed by atoms with Gasteiger partial charge >= 0.3 is 17.9 Å². The summed E-state index contributed by atoms with van der Waals surface area (Å²) in [5.74, 6) is -1.02. The molecule has 4 aliphatic heterocycles. The van der Waals surface area contributed by atoms with Gasteiger partial charge in [0.05, 0.1) is 16.6 Å². The highest BCUT2D eigenvalue weighted by Crippen LogP contribution is 2.41. The van der Waals surface area contributed by atoms with E-state index in [1.807, 2.05) is 30.3 Å². The molecule has 4 saturated heterocycles. The van der Waals surface area contributed by atoms with Gasteiger partial charge in [0.15, 0.2) is 5.82 Å². The summed E-state index contributed by atoms with van der Waals surface area (Å²) in [5.41, 5.74) is -0.820. The predicted molar refractivity (Wildman–Crippen MR) is 188 cm³/mol. The molecule has 0 spiro atoms. The molecule has 3 amide bonds. The lowest BCUT2D eigenvalue weighted by atomic mass is 9.95. The number of nitrogens with zero attached hydrogens (tertiary/aromatic N) is 6. The van der Waals surface area contributed by atoms with Crippen molar-refractivity contribution in [1.82, 2.24) is 39.7 Å². The number of phenols is 1. The SMILES string of the molecule is CN1C2CCC1CC(N1CCN(C(=O)[C@@H](Cc3cc(Cl)c(O)c(C(F)(F)F)c3)NC(=O)N3CCC(n4nc(-c5ccccc5)[nH]c4=O)CC3)CC1)C2. The van der Waals surface area contributed by atoms with Crippen molar-refractivity contribution in [2.75, 3.05) is 46.3 Å². The van der Waals surface area contributed by atoms with Gasteiger partial charge in [-0.25, -0.2) is 14.3 Å². The minimum absolute atomic E-state index is 0.0556. The van der Waals surface area contributed by atoms with Crippen LogP contribution in [-0.4, -0.2) is 122 Å². The number of carbonyl (C=O) groups is 2. The molecule has 3 aromatic rings. The van der Waals surface area contributed by atoms with Crippen LogP contribution >= 0.6 is 11.6 Å². The number of piperidine rings is 2. The maximum atomic E-state index is 14.1. The Labute approximate surface area is 304 Å². The Morgan fingerprint density at radius 2 is 1.60 bits per heavy atom. The van der Waals surface area contributed by atoms with Crippen LogP contribution in [0.5, 0.6) is 5.75 Å². The smallest absolute Gasteiger partial charge is 0.420 e.